The van der Waals surface area contributed by atoms with Crippen LogP contribution in [0.3, 0.4) is 0 Å². The summed E-state index contributed by atoms with van der Waals surface area (Å²) in [6, 6.07) is 0. The van der Waals surface area contributed by atoms with Crippen LogP contribution < -0.4 is 0 Å². The van der Waals surface area contributed by atoms with Gasteiger partial charge in [-0.15, -0.1) is 0 Å². The first-order chi connectivity index (χ1) is 11.2. The van der Waals surface area contributed by atoms with Crippen LogP contribution in [-0.2, 0) is 9.22 Å². The van der Waals surface area contributed by atoms with E-state index in [9.17, 15) is 4.79 Å². The second-order valence-electron chi connectivity index (χ2n) is 9.96. The van der Waals surface area contributed by atoms with Crippen molar-refractivity contribution in [2.75, 3.05) is 0 Å². The molecule has 0 heterocycles. The zero-order valence-corrected chi connectivity index (χ0v) is 17.3. The Hall–Kier alpha value is -0.413. The zero-order valence-electron chi connectivity index (χ0n) is 16.3. The zero-order chi connectivity index (χ0) is 17.5. The number of carbonyl (C=O) groups is 1. The van der Waals surface area contributed by atoms with E-state index in [1.807, 2.05) is 0 Å². The van der Waals surface area contributed by atoms with Gasteiger partial charge in [0.1, 0.15) is 0 Å². The summed E-state index contributed by atoms with van der Waals surface area (Å²) in [5.74, 6) is 3.09. The van der Waals surface area contributed by atoms with Crippen molar-refractivity contribution in [2.24, 2.45) is 29.1 Å². The van der Waals surface area contributed by atoms with Crippen LogP contribution >= 0.6 is 0 Å². The third-order valence-corrected chi connectivity index (χ3v) is 8.03. The minimum Gasteiger partial charge on any atom is -0.414 e. The normalized spacial score (nSPS) is 40.8. The van der Waals surface area contributed by atoms with Crippen LogP contribution in [-0.4, -0.2) is 20.2 Å². The highest BCUT2D eigenvalue weighted by molar-refractivity contribution is 6.69. The maximum atomic E-state index is 11.5. The smallest absolute Gasteiger partial charge is 0.184 e. The molecule has 0 spiro atoms. The third-order valence-electron chi connectivity index (χ3n) is 7.02. The molecule has 2 saturated carbocycles. The lowest BCUT2D eigenvalue weighted by molar-refractivity contribution is -0.114. The first-order valence-electron chi connectivity index (χ1n) is 10.1. The molecule has 0 aromatic heterocycles. The highest BCUT2D eigenvalue weighted by Gasteiger charge is 2.53. The van der Waals surface area contributed by atoms with Crippen LogP contribution in [0.15, 0.2) is 12.2 Å². The largest absolute Gasteiger partial charge is 0.414 e. The van der Waals surface area contributed by atoms with Gasteiger partial charge in [-0.3, -0.25) is 4.79 Å². The van der Waals surface area contributed by atoms with E-state index in [1.165, 1.54) is 38.5 Å². The molecular weight excluding hydrogens is 312 g/mol. The summed E-state index contributed by atoms with van der Waals surface area (Å²) in [7, 11) is -1.47. The second kappa shape index (κ2) is 6.72. The maximum Gasteiger partial charge on any atom is 0.184 e. The summed E-state index contributed by atoms with van der Waals surface area (Å²) < 4.78 is 6.62. The topological polar surface area (TPSA) is 26.3 Å². The quantitative estimate of drug-likeness (QED) is 0.605. The fourth-order valence-electron chi connectivity index (χ4n) is 6.13. The third kappa shape index (κ3) is 3.72. The van der Waals surface area contributed by atoms with E-state index in [1.54, 1.807) is 6.08 Å². The van der Waals surface area contributed by atoms with Gasteiger partial charge in [0.2, 0.25) is 0 Å². The molecule has 2 nitrogen and oxygen atoms in total. The molecule has 3 heteroatoms. The summed E-state index contributed by atoms with van der Waals surface area (Å²) >= 11 is 0. The summed E-state index contributed by atoms with van der Waals surface area (Å²) in [4.78, 5) is 11.5. The van der Waals surface area contributed by atoms with Crippen molar-refractivity contribution in [1.29, 1.82) is 0 Å². The summed E-state index contributed by atoms with van der Waals surface area (Å²) in [6.07, 6.45) is 13.1. The highest BCUT2D eigenvalue weighted by atomic mass is 28.4. The molecule has 0 aliphatic heterocycles. The van der Waals surface area contributed by atoms with Crippen molar-refractivity contribution >= 4 is 14.1 Å². The van der Waals surface area contributed by atoms with E-state index in [0.29, 0.717) is 29.1 Å². The van der Waals surface area contributed by atoms with Gasteiger partial charge in [0.15, 0.2) is 14.1 Å². The van der Waals surface area contributed by atoms with E-state index in [4.69, 9.17) is 4.43 Å². The predicted octanol–water partition coefficient (Wildman–Crippen LogP) is 5.59. The molecule has 0 bridgehead atoms. The number of rotatable bonds is 5. The number of ketones is 1. The number of hydrogen-bond donors (Lipinski definition) is 0. The fraction of sp³-hybridized carbons (Fsp3) is 0.857. The van der Waals surface area contributed by atoms with E-state index < -0.39 is 8.32 Å². The molecule has 0 aromatic carbocycles. The first-order valence-corrected chi connectivity index (χ1v) is 13.5. The van der Waals surface area contributed by atoms with E-state index in [0.717, 1.165) is 18.3 Å². The van der Waals surface area contributed by atoms with E-state index in [2.05, 4.69) is 39.6 Å². The van der Waals surface area contributed by atoms with Crippen molar-refractivity contribution in [3.63, 3.8) is 0 Å². The molecule has 2 unspecified atom stereocenters. The molecular formula is C21H36O2Si. The van der Waals surface area contributed by atoms with Gasteiger partial charge in [0.05, 0.1) is 0 Å². The van der Waals surface area contributed by atoms with Crippen molar-refractivity contribution in [3.05, 3.63) is 12.2 Å². The Bertz CT molecular complexity index is 506. The summed E-state index contributed by atoms with van der Waals surface area (Å²) in [6.45, 7) is 12.0. The van der Waals surface area contributed by atoms with Gasteiger partial charge in [-0.2, -0.15) is 0 Å². The highest BCUT2D eigenvalue weighted by Crippen LogP contribution is 2.59. The number of hydrogen-bond acceptors (Lipinski definition) is 2. The number of allylic oxidation sites excluding steroid dienone is 2. The summed E-state index contributed by atoms with van der Waals surface area (Å²) in [5, 5.41) is 0. The molecule has 24 heavy (non-hydrogen) atoms. The number of carbonyl (C=O) groups excluding carboxylic acids is 1. The standard InChI is InChI=1S/C21H36O2Si/c1-15(13-16-8-9-17(22)14-16)18-10-11-19-20(23-24(3,4)5)7-6-12-21(18,19)2/h8-9,15-16,18-20H,6-7,10-14H2,1-5H3/t15-,16+,18-,19?,20?,21-/m1/s1. The lowest BCUT2D eigenvalue weighted by Crippen LogP contribution is -2.46. The molecule has 0 N–H and O–H groups in total. The average molecular weight is 349 g/mol. The molecule has 0 aromatic rings. The maximum absolute atomic E-state index is 11.5. The SMILES string of the molecule is C[C@H](C[C@@H]1C=CC(=O)C1)[C@H]1CCC2C(O[Si](C)(C)C)CCC[C@@]21C. The van der Waals surface area contributed by atoms with Crippen LogP contribution in [0, 0.1) is 29.1 Å². The summed E-state index contributed by atoms with van der Waals surface area (Å²) in [5.41, 5.74) is 0.453. The molecule has 0 saturated heterocycles. The van der Waals surface area contributed by atoms with Crippen LogP contribution in [0.5, 0.6) is 0 Å². The minimum absolute atomic E-state index is 0.323. The van der Waals surface area contributed by atoms with Crippen molar-refractivity contribution in [3.8, 4) is 0 Å². The predicted molar refractivity (Wildman–Crippen MR) is 102 cm³/mol. The monoisotopic (exact) mass is 348 g/mol. The molecule has 2 fully saturated rings. The van der Waals surface area contributed by atoms with Crippen LogP contribution in [0.4, 0.5) is 0 Å². The van der Waals surface area contributed by atoms with Gasteiger partial charge in [-0.1, -0.05) is 26.3 Å². The molecule has 136 valence electrons. The molecule has 0 amide bonds. The minimum atomic E-state index is -1.47. The number of fused-ring (bicyclic) bond motifs is 1. The van der Waals surface area contributed by atoms with E-state index in [-0.39, 0.29) is 0 Å². The van der Waals surface area contributed by atoms with Crippen LogP contribution in [0.2, 0.25) is 19.6 Å². The van der Waals surface area contributed by atoms with Crippen molar-refractivity contribution in [1.82, 2.24) is 0 Å². The molecule has 0 radical (unpaired) electrons. The van der Waals surface area contributed by atoms with Gasteiger partial charge in [0, 0.05) is 12.5 Å². The van der Waals surface area contributed by atoms with Gasteiger partial charge >= 0.3 is 0 Å². The van der Waals surface area contributed by atoms with Crippen molar-refractivity contribution in [2.45, 2.75) is 84.5 Å². The Morgan fingerprint density at radius 1 is 1.29 bits per heavy atom. The van der Waals surface area contributed by atoms with E-state index >= 15 is 0 Å². The van der Waals surface area contributed by atoms with Gasteiger partial charge in [-0.05, 0) is 86.9 Å². The molecule has 3 aliphatic rings. The fourth-order valence-corrected chi connectivity index (χ4v) is 7.32. The van der Waals surface area contributed by atoms with Crippen molar-refractivity contribution < 1.29 is 9.22 Å². The Balaban J connectivity index is 1.68. The van der Waals surface area contributed by atoms with Gasteiger partial charge < -0.3 is 4.43 Å². The Morgan fingerprint density at radius 3 is 2.67 bits per heavy atom. The lowest BCUT2D eigenvalue weighted by Gasteiger charge is -2.48. The molecule has 6 atom stereocenters. The Morgan fingerprint density at radius 2 is 2.04 bits per heavy atom. The Kier molecular flexibility index (Phi) is 5.14. The first kappa shape index (κ1) is 18.4. The molecule has 3 rings (SSSR count). The Labute approximate surface area is 149 Å². The van der Waals surface area contributed by atoms with Crippen LogP contribution in [0.25, 0.3) is 0 Å². The van der Waals surface area contributed by atoms with Gasteiger partial charge in [0.25, 0.3) is 0 Å². The second-order valence-corrected chi connectivity index (χ2v) is 14.4. The average Bonchev–Trinajstić information content (AvgIpc) is 3.00. The van der Waals surface area contributed by atoms with Gasteiger partial charge in [-0.25, -0.2) is 0 Å². The van der Waals surface area contributed by atoms with Crippen LogP contribution in [0.1, 0.15) is 58.8 Å². The lowest BCUT2D eigenvalue weighted by atomic mass is 9.61. The molecule has 3 aliphatic carbocycles.